The molecular weight excluding hydrogens is 204 g/mol. The van der Waals surface area contributed by atoms with Crippen LogP contribution in [0.4, 0.5) is 0 Å². The second-order valence-corrected chi connectivity index (χ2v) is 4.84. The van der Waals surface area contributed by atoms with Gasteiger partial charge in [0.05, 0.1) is 19.3 Å². The van der Waals surface area contributed by atoms with E-state index in [0.717, 1.165) is 45.9 Å². The molecule has 1 rings (SSSR count). The Morgan fingerprint density at radius 3 is 2.88 bits per heavy atom. The van der Waals surface area contributed by atoms with Gasteiger partial charge in [-0.15, -0.1) is 0 Å². The largest absolute Gasteiger partial charge is 0.383 e. The summed E-state index contributed by atoms with van der Waals surface area (Å²) in [6.07, 6.45) is 0.337. The molecule has 1 aliphatic heterocycles. The summed E-state index contributed by atoms with van der Waals surface area (Å²) in [7, 11) is 1.76. The average molecular weight is 230 g/mol. The maximum Gasteiger partial charge on any atom is 0.0826 e. The van der Waals surface area contributed by atoms with Crippen molar-refractivity contribution in [3.63, 3.8) is 0 Å². The van der Waals surface area contributed by atoms with Crippen LogP contribution in [0.3, 0.4) is 0 Å². The van der Waals surface area contributed by atoms with Crippen molar-refractivity contribution in [3.05, 3.63) is 0 Å². The molecule has 96 valence electrons. The molecule has 0 amide bonds. The Kier molecular flexibility index (Phi) is 6.96. The van der Waals surface area contributed by atoms with E-state index in [-0.39, 0.29) is 0 Å². The van der Waals surface area contributed by atoms with Gasteiger partial charge >= 0.3 is 0 Å². The summed E-state index contributed by atoms with van der Waals surface area (Å²) in [5.74, 6) is 0.688. The summed E-state index contributed by atoms with van der Waals surface area (Å²) in [6, 6.07) is 0. The predicted octanol–water partition coefficient (Wildman–Crippen LogP) is 0.579. The van der Waals surface area contributed by atoms with Gasteiger partial charge in [0.1, 0.15) is 0 Å². The van der Waals surface area contributed by atoms with Crippen LogP contribution in [0.5, 0.6) is 0 Å². The fraction of sp³-hybridized carbons (Fsp3) is 1.00. The van der Waals surface area contributed by atoms with Gasteiger partial charge < -0.3 is 14.8 Å². The lowest BCUT2D eigenvalue weighted by Crippen LogP contribution is -2.46. The lowest BCUT2D eigenvalue weighted by atomic mass is 10.2. The minimum atomic E-state index is 0.337. The molecule has 1 heterocycles. The van der Waals surface area contributed by atoms with Gasteiger partial charge in [0.2, 0.25) is 0 Å². The Balaban J connectivity index is 2.28. The zero-order chi connectivity index (χ0) is 11.8. The Morgan fingerprint density at radius 1 is 1.50 bits per heavy atom. The highest BCUT2D eigenvalue weighted by atomic mass is 16.5. The molecule has 0 aromatic heterocycles. The van der Waals surface area contributed by atoms with E-state index >= 15 is 0 Å². The molecule has 4 nitrogen and oxygen atoms in total. The van der Waals surface area contributed by atoms with Crippen molar-refractivity contribution in [2.75, 3.05) is 53.0 Å². The summed E-state index contributed by atoms with van der Waals surface area (Å²) >= 11 is 0. The topological polar surface area (TPSA) is 33.7 Å². The van der Waals surface area contributed by atoms with Crippen molar-refractivity contribution in [1.29, 1.82) is 0 Å². The van der Waals surface area contributed by atoms with E-state index in [9.17, 15) is 0 Å². The SMILES string of the molecule is COCCN(CC(C)C)CC1CNCCO1. The summed E-state index contributed by atoms with van der Waals surface area (Å²) in [6.45, 7) is 11.2. The normalized spacial score (nSPS) is 21.9. The van der Waals surface area contributed by atoms with Gasteiger partial charge in [-0.1, -0.05) is 13.8 Å². The van der Waals surface area contributed by atoms with E-state index in [1.807, 2.05) is 0 Å². The monoisotopic (exact) mass is 230 g/mol. The lowest BCUT2D eigenvalue weighted by Gasteiger charge is -2.31. The molecule has 1 unspecified atom stereocenters. The maximum absolute atomic E-state index is 5.72. The molecule has 16 heavy (non-hydrogen) atoms. The van der Waals surface area contributed by atoms with Gasteiger partial charge in [0.15, 0.2) is 0 Å². The van der Waals surface area contributed by atoms with Crippen LogP contribution in [0.1, 0.15) is 13.8 Å². The van der Waals surface area contributed by atoms with Crippen molar-refractivity contribution in [3.8, 4) is 0 Å². The van der Waals surface area contributed by atoms with Crippen LogP contribution in [0.2, 0.25) is 0 Å². The molecule has 1 saturated heterocycles. The number of hydrogen-bond acceptors (Lipinski definition) is 4. The third-order valence-electron chi connectivity index (χ3n) is 2.70. The van der Waals surface area contributed by atoms with Crippen molar-refractivity contribution < 1.29 is 9.47 Å². The first-order valence-corrected chi connectivity index (χ1v) is 6.26. The molecule has 0 aliphatic carbocycles. The zero-order valence-corrected chi connectivity index (χ0v) is 10.9. The van der Waals surface area contributed by atoms with Crippen LogP contribution in [0, 0.1) is 5.92 Å². The van der Waals surface area contributed by atoms with Gasteiger partial charge in [0, 0.05) is 39.8 Å². The molecule has 0 aromatic carbocycles. The molecule has 1 fully saturated rings. The molecule has 0 spiro atoms. The van der Waals surface area contributed by atoms with E-state index < -0.39 is 0 Å². The van der Waals surface area contributed by atoms with Crippen LogP contribution < -0.4 is 5.32 Å². The second kappa shape index (κ2) is 8.01. The fourth-order valence-electron chi connectivity index (χ4n) is 2.02. The van der Waals surface area contributed by atoms with E-state index in [1.165, 1.54) is 0 Å². The first-order chi connectivity index (χ1) is 7.72. The molecule has 4 heteroatoms. The number of morpholine rings is 1. The Hall–Kier alpha value is -0.160. The minimum Gasteiger partial charge on any atom is -0.383 e. The van der Waals surface area contributed by atoms with Crippen LogP contribution in [0.15, 0.2) is 0 Å². The lowest BCUT2D eigenvalue weighted by molar-refractivity contribution is -0.000605. The number of methoxy groups -OCH3 is 1. The number of ether oxygens (including phenoxy) is 2. The van der Waals surface area contributed by atoms with Crippen LogP contribution in [0.25, 0.3) is 0 Å². The van der Waals surface area contributed by atoms with Crippen LogP contribution in [-0.4, -0.2) is 64.1 Å². The summed E-state index contributed by atoms with van der Waals surface area (Å²) in [4.78, 5) is 2.44. The third-order valence-corrected chi connectivity index (χ3v) is 2.70. The Bertz CT molecular complexity index is 170. The van der Waals surface area contributed by atoms with E-state index in [0.29, 0.717) is 12.0 Å². The van der Waals surface area contributed by atoms with Crippen molar-refractivity contribution in [2.45, 2.75) is 20.0 Å². The molecule has 1 aliphatic rings. The van der Waals surface area contributed by atoms with Crippen molar-refractivity contribution in [1.82, 2.24) is 10.2 Å². The van der Waals surface area contributed by atoms with Gasteiger partial charge in [0.25, 0.3) is 0 Å². The Morgan fingerprint density at radius 2 is 2.31 bits per heavy atom. The minimum absolute atomic E-state index is 0.337. The summed E-state index contributed by atoms with van der Waals surface area (Å²) < 4.78 is 10.9. The quantitative estimate of drug-likeness (QED) is 0.694. The second-order valence-electron chi connectivity index (χ2n) is 4.84. The first kappa shape index (κ1) is 13.9. The average Bonchev–Trinajstić information content (AvgIpc) is 2.26. The Labute approximate surface area is 99.3 Å². The maximum atomic E-state index is 5.72. The van der Waals surface area contributed by atoms with Gasteiger partial charge in [-0.2, -0.15) is 0 Å². The molecule has 0 aromatic rings. The van der Waals surface area contributed by atoms with E-state index in [4.69, 9.17) is 9.47 Å². The van der Waals surface area contributed by atoms with Crippen molar-refractivity contribution >= 4 is 0 Å². The molecule has 0 radical (unpaired) electrons. The molecule has 0 bridgehead atoms. The van der Waals surface area contributed by atoms with Crippen LogP contribution >= 0.6 is 0 Å². The van der Waals surface area contributed by atoms with E-state index in [1.54, 1.807) is 7.11 Å². The number of rotatable bonds is 7. The highest BCUT2D eigenvalue weighted by Crippen LogP contribution is 2.04. The van der Waals surface area contributed by atoms with Gasteiger partial charge in [-0.25, -0.2) is 0 Å². The molecule has 1 N–H and O–H groups in total. The fourth-order valence-corrected chi connectivity index (χ4v) is 2.02. The van der Waals surface area contributed by atoms with Gasteiger partial charge in [-0.3, -0.25) is 4.90 Å². The van der Waals surface area contributed by atoms with Crippen LogP contribution in [-0.2, 0) is 9.47 Å². The summed E-state index contributed by atoms with van der Waals surface area (Å²) in [5, 5.41) is 3.37. The van der Waals surface area contributed by atoms with E-state index in [2.05, 4.69) is 24.1 Å². The molecule has 1 atom stereocenters. The third kappa shape index (κ3) is 5.80. The number of hydrogen-bond donors (Lipinski definition) is 1. The summed E-state index contributed by atoms with van der Waals surface area (Å²) in [5.41, 5.74) is 0. The number of nitrogens with one attached hydrogen (secondary N) is 1. The number of nitrogens with zero attached hydrogens (tertiary/aromatic N) is 1. The predicted molar refractivity (Wildman–Crippen MR) is 65.8 cm³/mol. The highest BCUT2D eigenvalue weighted by molar-refractivity contribution is 4.72. The highest BCUT2D eigenvalue weighted by Gasteiger charge is 2.17. The molecular formula is C12H26N2O2. The van der Waals surface area contributed by atoms with Gasteiger partial charge in [-0.05, 0) is 5.92 Å². The first-order valence-electron chi connectivity index (χ1n) is 6.26. The van der Waals surface area contributed by atoms with Crippen molar-refractivity contribution in [2.24, 2.45) is 5.92 Å². The molecule has 0 saturated carbocycles. The smallest absolute Gasteiger partial charge is 0.0826 e. The standard InChI is InChI=1S/C12H26N2O2/c1-11(2)9-14(5-7-15-3)10-12-8-13-4-6-16-12/h11-13H,4-10H2,1-3H3. The zero-order valence-electron chi connectivity index (χ0n) is 10.9.